The summed E-state index contributed by atoms with van der Waals surface area (Å²) in [5.41, 5.74) is 0.625. The van der Waals surface area contributed by atoms with Gasteiger partial charge in [-0.1, -0.05) is 0 Å². The lowest BCUT2D eigenvalue weighted by atomic mass is 9.88. The summed E-state index contributed by atoms with van der Waals surface area (Å²) in [6.45, 7) is 4.89. The van der Waals surface area contributed by atoms with Crippen LogP contribution in [0.3, 0.4) is 0 Å². The van der Waals surface area contributed by atoms with Gasteiger partial charge in [0.1, 0.15) is 5.69 Å². The number of aryl methyl sites for hydroxylation is 1. The molecule has 4 nitrogen and oxygen atoms in total. The van der Waals surface area contributed by atoms with E-state index in [2.05, 4.69) is 10.3 Å². The molecule has 0 aromatic carbocycles. The Bertz CT molecular complexity index is 445. The summed E-state index contributed by atoms with van der Waals surface area (Å²) in [5.74, 6) is 0.867. The molecule has 1 aromatic heterocycles. The molecule has 3 heterocycles. The minimum Gasteiger partial charge on any atom is -0.337 e. The summed E-state index contributed by atoms with van der Waals surface area (Å²) < 4.78 is 0. The second-order valence-corrected chi connectivity index (χ2v) is 6.65. The lowest BCUT2D eigenvalue weighted by Gasteiger charge is -2.34. The van der Waals surface area contributed by atoms with Crippen molar-refractivity contribution in [3.05, 3.63) is 16.1 Å². The number of rotatable bonds is 2. The first-order valence-corrected chi connectivity index (χ1v) is 8.07. The zero-order valence-electron chi connectivity index (χ0n) is 11.4. The molecule has 0 aliphatic carbocycles. The highest BCUT2D eigenvalue weighted by molar-refractivity contribution is 7.09. The Hall–Kier alpha value is -0.940. The average molecular weight is 279 g/mol. The fourth-order valence-corrected chi connectivity index (χ4v) is 3.83. The summed E-state index contributed by atoms with van der Waals surface area (Å²) >= 11 is 1.55. The molecule has 0 spiro atoms. The first-order valence-electron chi connectivity index (χ1n) is 7.19. The molecule has 104 valence electrons. The normalized spacial score (nSPS) is 24.9. The third-order valence-electron chi connectivity index (χ3n) is 4.33. The van der Waals surface area contributed by atoms with Gasteiger partial charge in [0.25, 0.3) is 5.91 Å². The van der Waals surface area contributed by atoms with Crippen LogP contribution in [0.25, 0.3) is 0 Å². The Morgan fingerprint density at radius 2 is 2.21 bits per heavy atom. The summed E-state index contributed by atoms with van der Waals surface area (Å²) in [6, 6.07) is 0.693. The maximum Gasteiger partial charge on any atom is 0.273 e. The van der Waals surface area contributed by atoms with Crippen molar-refractivity contribution in [2.45, 2.75) is 38.6 Å². The summed E-state index contributed by atoms with van der Waals surface area (Å²) in [4.78, 5) is 18.6. The largest absolute Gasteiger partial charge is 0.337 e. The molecule has 19 heavy (non-hydrogen) atoms. The first kappa shape index (κ1) is 13.1. The molecular weight excluding hydrogens is 258 g/mol. The fourth-order valence-electron chi connectivity index (χ4n) is 3.24. The van der Waals surface area contributed by atoms with Gasteiger partial charge in [0.2, 0.25) is 0 Å². The lowest BCUT2D eigenvalue weighted by molar-refractivity contribution is 0.0669. The predicted molar refractivity (Wildman–Crippen MR) is 76.5 cm³/mol. The SMILES string of the molecule is Cc1nc(C(=O)N2CCC(C3CCCN3)CC2)cs1. The minimum absolute atomic E-state index is 0.113. The summed E-state index contributed by atoms with van der Waals surface area (Å²) in [5, 5.41) is 6.43. The van der Waals surface area contributed by atoms with Crippen LogP contribution < -0.4 is 5.32 Å². The van der Waals surface area contributed by atoms with Crippen LogP contribution in [0.1, 0.15) is 41.2 Å². The maximum atomic E-state index is 12.3. The highest BCUT2D eigenvalue weighted by Crippen LogP contribution is 2.26. The van der Waals surface area contributed by atoms with Gasteiger partial charge in [0.05, 0.1) is 5.01 Å². The number of aromatic nitrogens is 1. The zero-order chi connectivity index (χ0) is 13.2. The molecule has 1 aromatic rings. The number of hydrogen-bond acceptors (Lipinski definition) is 4. The number of likely N-dealkylation sites (tertiary alicyclic amines) is 1. The number of amides is 1. The lowest BCUT2D eigenvalue weighted by Crippen LogP contribution is -2.43. The molecule has 0 saturated carbocycles. The number of piperidine rings is 1. The van der Waals surface area contributed by atoms with Crippen LogP contribution in [-0.4, -0.2) is 41.5 Å². The van der Waals surface area contributed by atoms with Crippen molar-refractivity contribution in [3.8, 4) is 0 Å². The van der Waals surface area contributed by atoms with E-state index in [4.69, 9.17) is 0 Å². The van der Waals surface area contributed by atoms with E-state index in [1.165, 1.54) is 19.4 Å². The molecule has 0 bridgehead atoms. The van der Waals surface area contributed by atoms with Gasteiger partial charge >= 0.3 is 0 Å². The Balaban J connectivity index is 1.56. The Kier molecular flexibility index (Phi) is 3.84. The van der Waals surface area contributed by atoms with Gasteiger partial charge in [0.15, 0.2) is 0 Å². The predicted octanol–water partition coefficient (Wildman–Crippen LogP) is 2.06. The molecule has 2 saturated heterocycles. The van der Waals surface area contributed by atoms with Crippen LogP contribution in [0.5, 0.6) is 0 Å². The molecule has 2 fully saturated rings. The van der Waals surface area contributed by atoms with E-state index >= 15 is 0 Å². The summed E-state index contributed by atoms with van der Waals surface area (Å²) in [7, 11) is 0. The van der Waals surface area contributed by atoms with Crippen molar-refractivity contribution < 1.29 is 4.79 Å². The van der Waals surface area contributed by atoms with Gasteiger partial charge in [-0.3, -0.25) is 4.79 Å². The number of nitrogens with zero attached hydrogens (tertiary/aromatic N) is 2. The van der Waals surface area contributed by atoms with Crippen LogP contribution in [0.4, 0.5) is 0 Å². The van der Waals surface area contributed by atoms with Crippen LogP contribution >= 0.6 is 11.3 Å². The monoisotopic (exact) mass is 279 g/mol. The van der Waals surface area contributed by atoms with E-state index in [1.54, 1.807) is 11.3 Å². The van der Waals surface area contributed by atoms with Crippen LogP contribution in [0, 0.1) is 12.8 Å². The van der Waals surface area contributed by atoms with Crippen molar-refractivity contribution in [1.29, 1.82) is 0 Å². The molecule has 1 unspecified atom stereocenters. The van der Waals surface area contributed by atoms with Crippen LogP contribution in [0.2, 0.25) is 0 Å². The van der Waals surface area contributed by atoms with Gasteiger partial charge in [-0.05, 0) is 45.1 Å². The second-order valence-electron chi connectivity index (χ2n) is 5.58. The molecule has 1 atom stereocenters. The second kappa shape index (κ2) is 5.59. The number of nitrogens with one attached hydrogen (secondary N) is 1. The van der Waals surface area contributed by atoms with E-state index in [0.29, 0.717) is 11.7 Å². The van der Waals surface area contributed by atoms with E-state index in [9.17, 15) is 4.79 Å². The van der Waals surface area contributed by atoms with Gasteiger partial charge in [-0.15, -0.1) is 11.3 Å². The molecular formula is C14H21N3OS. The van der Waals surface area contributed by atoms with Gasteiger partial charge in [-0.2, -0.15) is 0 Å². The average Bonchev–Trinajstić information content (AvgIpc) is 3.09. The molecule has 3 rings (SSSR count). The third-order valence-corrected chi connectivity index (χ3v) is 5.11. The van der Waals surface area contributed by atoms with Crippen molar-refractivity contribution in [2.24, 2.45) is 5.92 Å². The van der Waals surface area contributed by atoms with Crippen molar-refractivity contribution in [1.82, 2.24) is 15.2 Å². The molecule has 0 radical (unpaired) electrons. The molecule has 1 N–H and O–H groups in total. The number of hydrogen-bond donors (Lipinski definition) is 1. The zero-order valence-corrected chi connectivity index (χ0v) is 12.2. The number of thiazole rings is 1. The highest BCUT2D eigenvalue weighted by Gasteiger charge is 2.30. The van der Waals surface area contributed by atoms with E-state index in [0.717, 1.165) is 36.9 Å². The summed E-state index contributed by atoms with van der Waals surface area (Å²) in [6.07, 6.45) is 4.88. The standard InChI is InChI=1S/C14H21N3OS/c1-10-16-13(9-19-10)14(18)17-7-4-11(5-8-17)12-3-2-6-15-12/h9,11-12,15H,2-8H2,1H3. The third kappa shape index (κ3) is 2.82. The fraction of sp³-hybridized carbons (Fsp3) is 0.714. The van der Waals surface area contributed by atoms with Crippen molar-refractivity contribution in [2.75, 3.05) is 19.6 Å². The smallest absolute Gasteiger partial charge is 0.273 e. The topological polar surface area (TPSA) is 45.2 Å². The molecule has 5 heteroatoms. The minimum atomic E-state index is 0.113. The van der Waals surface area contributed by atoms with E-state index < -0.39 is 0 Å². The Labute approximate surface area is 118 Å². The highest BCUT2D eigenvalue weighted by atomic mass is 32.1. The molecule has 2 aliphatic rings. The van der Waals surface area contributed by atoms with Crippen molar-refractivity contribution in [3.63, 3.8) is 0 Å². The van der Waals surface area contributed by atoms with Gasteiger partial charge < -0.3 is 10.2 Å². The molecule has 1 amide bonds. The van der Waals surface area contributed by atoms with Gasteiger partial charge in [0, 0.05) is 24.5 Å². The Morgan fingerprint density at radius 3 is 2.79 bits per heavy atom. The number of carbonyl (C=O) groups excluding carboxylic acids is 1. The maximum absolute atomic E-state index is 12.3. The Morgan fingerprint density at radius 1 is 1.42 bits per heavy atom. The van der Waals surface area contributed by atoms with Crippen molar-refractivity contribution >= 4 is 17.2 Å². The van der Waals surface area contributed by atoms with Crippen LogP contribution in [0.15, 0.2) is 5.38 Å². The van der Waals surface area contributed by atoms with E-state index in [1.807, 2.05) is 17.2 Å². The van der Waals surface area contributed by atoms with Gasteiger partial charge in [-0.25, -0.2) is 4.98 Å². The first-order chi connectivity index (χ1) is 9.24. The van der Waals surface area contributed by atoms with Crippen LogP contribution in [-0.2, 0) is 0 Å². The van der Waals surface area contributed by atoms with E-state index in [-0.39, 0.29) is 5.91 Å². The number of carbonyl (C=O) groups is 1. The molecule has 2 aliphatic heterocycles. The quantitative estimate of drug-likeness (QED) is 0.901.